The molecule has 1 rings (SSSR count). The van der Waals surface area contributed by atoms with E-state index in [0.717, 1.165) is 12.1 Å². The van der Waals surface area contributed by atoms with E-state index in [2.05, 4.69) is 5.10 Å². The van der Waals surface area contributed by atoms with Crippen molar-refractivity contribution in [1.29, 1.82) is 0 Å². The third kappa shape index (κ3) is 2.53. The SMILES string of the molecule is CN(C)/N=C1\C=CC(=O)CC1. The molecule has 11 heavy (non-hydrogen) atoms. The molecule has 0 fully saturated rings. The fraction of sp³-hybridized carbons (Fsp3) is 0.500. The highest BCUT2D eigenvalue weighted by Crippen LogP contribution is 2.04. The molecule has 0 radical (unpaired) electrons. The van der Waals surface area contributed by atoms with Crippen molar-refractivity contribution < 1.29 is 4.79 Å². The van der Waals surface area contributed by atoms with Crippen LogP contribution in [0.25, 0.3) is 0 Å². The highest BCUT2D eigenvalue weighted by atomic mass is 16.1. The average Bonchev–Trinajstić information content (AvgIpc) is 1.93. The van der Waals surface area contributed by atoms with Crippen LogP contribution in [0, 0.1) is 0 Å². The van der Waals surface area contributed by atoms with Gasteiger partial charge in [-0.1, -0.05) is 0 Å². The first-order chi connectivity index (χ1) is 5.18. The molecule has 0 bridgehead atoms. The lowest BCUT2D eigenvalue weighted by atomic mass is 10.1. The Balaban J connectivity index is 2.63. The molecule has 1 aliphatic carbocycles. The second-order valence-electron chi connectivity index (χ2n) is 2.74. The third-order valence-electron chi connectivity index (χ3n) is 1.42. The van der Waals surface area contributed by atoms with Gasteiger partial charge in [0.1, 0.15) is 0 Å². The lowest BCUT2D eigenvalue weighted by Crippen LogP contribution is -2.12. The summed E-state index contributed by atoms with van der Waals surface area (Å²) in [6.45, 7) is 0. The molecule has 60 valence electrons. The average molecular weight is 152 g/mol. The van der Waals surface area contributed by atoms with Crippen LogP contribution in [0.3, 0.4) is 0 Å². The van der Waals surface area contributed by atoms with E-state index in [0.29, 0.717) is 6.42 Å². The molecule has 0 amide bonds. The van der Waals surface area contributed by atoms with Gasteiger partial charge in [-0.25, -0.2) is 0 Å². The third-order valence-corrected chi connectivity index (χ3v) is 1.42. The lowest BCUT2D eigenvalue weighted by molar-refractivity contribution is -0.114. The Morgan fingerprint density at radius 3 is 2.55 bits per heavy atom. The number of carbonyl (C=O) groups excluding carboxylic acids is 1. The van der Waals surface area contributed by atoms with E-state index in [9.17, 15) is 4.79 Å². The van der Waals surface area contributed by atoms with Crippen LogP contribution in [0.1, 0.15) is 12.8 Å². The van der Waals surface area contributed by atoms with Crippen LogP contribution in [-0.2, 0) is 4.79 Å². The van der Waals surface area contributed by atoms with Crippen LogP contribution in [0.4, 0.5) is 0 Å². The number of allylic oxidation sites excluding steroid dienone is 2. The largest absolute Gasteiger partial charge is 0.303 e. The zero-order valence-corrected chi connectivity index (χ0v) is 6.87. The highest BCUT2D eigenvalue weighted by molar-refractivity contribution is 6.06. The Labute approximate surface area is 66.4 Å². The van der Waals surface area contributed by atoms with Crippen LogP contribution < -0.4 is 0 Å². The first-order valence-electron chi connectivity index (χ1n) is 3.64. The van der Waals surface area contributed by atoms with Gasteiger partial charge >= 0.3 is 0 Å². The summed E-state index contributed by atoms with van der Waals surface area (Å²) in [7, 11) is 3.74. The zero-order valence-electron chi connectivity index (χ0n) is 6.87. The Morgan fingerprint density at radius 2 is 2.09 bits per heavy atom. The predicted octanol–water partition coefficient (Wildman–Crippen LogP) is 0.823. The van der Waals surface area contributed by atoms with Gasteiger partial charge < -0.3 is 5.01 Å². The molecular formula is C8H12N2O. The Morgan fingerprint density at radius 1 is 1.36 bits per heavy atom. The van der Waals surface area contributed by atoms with Crippen LogP contribution >= 0.6 is 0 Å². The summed E-state index contributed by atoms with van der Waals surface area (Å²) < 4.78 is 0. The molecule has 0 atom stereocenters. The van der Waals surface area contributed by atoms with Crippen molar-refractivity contribution in [2.24, 2.45) is 5.10 Å². The molecule has 0 aromatic carbocycles. The van der Waals surface area contributed by atoms with Gasteiger partial charge in [0.05, 0.1) is 5.71 Å². The number of hydrazone groups is 1. The molecule has 0 aliphatic heterocycles. The smallest absolute Gasteiger partial charge is 0.156 e. The topological polar surface area (TPSA) is 32.7 Å². The molecular weight excluding hydrogens is 140 g/mol. The summed E-state index contributed by atoms with van der Waals surface area (Å²) in [6.07, 6.45) is 4.74. The molecule has 0 aromatic heterocycles. The molecule has 3 nitrogen and oxygen atoms in total. The van der Waals surface area contributed by atoms with E-state index in [1.807, 2.05) is 14.1 Å². The lowest BCUT2D eigenvalue weighted by Gasteiger charge is -2.09. The maximum atomic E-state index is 10.7. The van der Waals surface area contributed by atoms with E-state index in [1.54, 1.807) is 17.2 Å². The van der Waals surface area contributed by atoms with E-state index in [4.69, 9.17) is 0 Å². The first kappa shape index (κ1) is 7.98. The van der Waals surface area contributed by atoms with E-state index in [1.165, 1.54) is 0 Å². The highest BCUT2D eigenvalue weighted by Gasteiger charge is 2.06. The van der Waals surface area contributed by atoms with Gasteiger partial charge in [0.15, 0.2) is 5.78 Å². The first-order valence-corrected chi connectivity index (χ1v) is 3.64. The van der Waals surface area contributed by atoms with Gasteiger partial charge in [0.2, 0.25) is 0 Å². The fourth-order valence-corrected chi connectivity index (χ4v) is 0.947. The van der Waals surface area contributed by atoms with Crippen molar-refractivity contribution in [2.75, 3.05) is 14.1 Å². The minimum atomic E-state index is 0.197. The summed E-state index contributed by atoms with van der Waals surface area (Å²) >= 11 is 0. The minimum Gasteiger partial charge on any atom is -0.303 e. The van der Waals surface area contributed by atoms with E-state index in [-0.39, 0.29) is 5.78 Å². The summed E-state index contributed by atoms with van der Waals surface area (Å²) in [6, 6.07) is 0. The molecule has 0 aromatic rings. The van der Waals surface area contributed by atoms with Crippen molar-refractivity contribution in [3.63, 3.8) is 0 Å². The van der Waals surface area contributed by atoms with E-state index < -0.39 is 0 Å². The standard InChI is InChI=1S/C8H12N2O/c1-10(2)9-7-3-5-8(11)6-4-7/h3,5H,4,6H2,1-2H3/b9-7+. The maximum Gasteiger partial charge on any atom is 0.156 e. The summed E-state index contributed by atoms with van der Waals surface area (Å²) in [5.41, 5.74) is 0.981. The molecule has 1 aliphatic rings. The van der Waals surface area contributed by atoms with E-state index >= 15 is 0 Å². The molecule has 0 saturated heterocycles. The van der Waals surface area contributed by atoms with Gasteiger partial charge in [0, 0.05) is 20.5 Å². The maximum absolute atomic E-state index is 10.7. The monoisotopic (exact) mass is 152 g/mol. The number of hydrogen-bond acceptors (Lipinski definition) is 3. The molecule has 0 spiro atoms. The minimum absolute atomic E-state index is 0.197. The number of carbonyl (C=O) groups is 1. The van der Waals surface area contributed by atoms with Crippen molar-refractivity contribution >= 4 is 11.5 Å². The van der Waals surface area contributed by atoms with Crippen molar-refractivity contribution in [1.82, 2.24) is 5.01 Å². The van der Waals surface area contributed by atoms with Crippen molar-refractivity contribution in [3.05, 3.63) is 12.2 Å². The summed E-state index contributed by atoms with van der Waals surface area (Å²) in [5, 5.41) is 5.93. The van der Waals surface area contributed by atoms with Gasteiger partial charge in [-0.15, -0.1) is 0 Å². The fourth-order valence-electron chi connectivity index (χ4n) is 0.947. The normalized spacial score (nSPS) is 20.9. The molecule has 0 heterocycles. The molecule has 0 saturated carbocycles. The van der Waals surface area contributed by atoms with Crippen LogP contribution in [-0.4, -0.2) is 30.6 Å². The molecule has 0 N–H and O–H groups in total. The quantitative estimate of drug-likeness (QED) is 0.521. The zero-order chi connectivity index (χ0) is 8.27. The van der Waals surface area contributed by atoms with Crippen molar-refractivity contribution in [2.45, 2.75) is 12.8 Å². The number of nitrogens with zero attached hydrogens (tertiary/aromatic N) is 2. The number of rotatable bonds is 1. The Bertz CT molecular complexity index is 216. The second-order valence-corrected chi connectivity index (χ2v) is 2.74. The Kier molecular flexibility index (Phi) is 2.41. The summed E-state index contributed by atoms with van der Waals surface area (Å²) in [4.78, 5) is 10.7. The summed E-state index contributed by atoms with van der Waals surface area (Å²) in [5.74, 6) is 0.197. The van der Waals surface area contributed by atoms with Gasteiger partial charge in [-0.05, 0) is 18.6 Å². The number of hydrogen-bond donors (Lipinski definition) is 0. The number of ketones is 1. The molecule has 3 heteroatoms. The second kappa shape index (κ2) is 3.32. The van der Waals surface area contributed by atoms with Gasteiger partial charge in [0.25, 0.3) is 0 Å². The van der Waals surface area contributed by atoms with Crippen LogP contribution in [0.2, 0.25) is 0 Å². The van der Waals surface area contributed by atoms with Crippen LogP contribution in [0.15, 0.2) is 17.3 Å². The van der Waals surface area contributed by atoms with Crippen LogP contribution in [0.5, 0.6) is 0 Å². The Hall–Kier alpha value is -1.12. The van der Waals surface area contributed by atoms with Gasteiger partial charge in [-0.2, -0.15) is 5.10 Å². The van der Waals surface area contributed by atoms with Gasteiger partial charge in [-0.3, -0.25) is 4.79 Å². The predicted molar refractivity (Wildman–Crippen MR) is 44.5 cm³/mol. The molecule has 0 unspecified atom stereocenters. The van der Waals surface area contributed by atoms with Crippen molar-refractivity contribution in [3.8, 4) is 0 Å².